The van der Waals surface area contributed by atoms with E-state index in [0.717, 1.165) is 5.56 Å². The van der Waals surface area contributed by atoms with Gasteiger partial charge in [-0.1, -0.05) is 41.6 Å². The Morgan fingerprint density at radius 2 is 1.86 bits per heavy atom. The fourth-order valence-electron chi connectivity index (χ4n) is 2.70. The molecule has 0 fully saturated rings. The zero-order chi connectivity index (χ0) is 19.3. The van der Waals surface area contributed by atoms with Gasteiger partial charge in [0.15, 0.2) is 0 Å². The average molecular weight is 373 g/mol. The minimum Gasteiger partial charge on any atom is -0.375 e. The molecular weight excluding hydrogens is 358 g/mol. The number of nitrogens with zero attached hydrogens (tertiary/aromatic N) is 4. The Labute approximate surface area is 160 Å². The highest BCUT2D eigenvalue weighted by Gasteiger charge is 2.18. The molecule has 2 aromatic heterocycles. The van der Waals surface area contributed by atoms with Crippen molar-refractivity contribution in [3.8, 4) is 23.0 Å². The molecule has 0 radical (unpaired) electrons. The summed E-state index contributed by atoms with van der Waals surface area (Å²) < 4.78 is 5.23. The first-order chi connectivity index (χ1) is 13.7. The second-order valence-electron chi connectivity index (χ2n) is 5.97. The topological polar surface area (TPSA) is 107 Å². The van der Waals surface area contributed by atoms with Gasteiger partial charge in [0, 0.05) is 24.4 Å². The molecule has 1 N–H and O–H groups in total. The van der Waals surface area contributed by atoms with Crippen LogP contribution in [0.2, 0.25) is 0 Å². The molecule has 0 unspecified atom stereocenters. The molecule has 0 aliphatic carbocycles. The molecule has 4 rings (SSSR count). The maximum atomic E-state index is 11.5. The van der Waals surface area contributed by atoms with Crippen molar-refractivity contribution in [1.82, 2.24) is 15.1 Å². The molecule has 0 saturated carbocycles. The third-order valence-corrected chi connectivity index (χ3v) is 4.09. The lowest BCUT2D eigenvalue weighted by Gasteiger charge is -2.08. The van der Waals surface area contributed by atoms with Crippen LogP contribution >= 0.6 is 0 Å². The molecule has 0 aliphatic heterocycles. The lowest BCUT2D eigenvalue weighted by atomic mass is 10.1. The molecule has 2 heterocycles. The highest BCUT2D eigenvalue weighted by molar-refractivity contribution is 5.70. The third-order valence-electron chi connectivity index (χ3n) is 4.09. The van der Waals surface area contributed by atoms with Gasteiger partial charge in [-0.05, 0) is 29.8 Å². The fourth-order valence-corrected chi connectivity index (χ4v) is 2.70. The van der Waals surface area contributed by atoms with Gasteiger partial charge < -0.3 is 9.84 Å². The minimum atomic E-state index is -0.434. The van der Waals surface area contributed by atoms with E-state index in [1.54, 1.807) is 30.5 Å². The zero-order valence-electron chi connectivity index (χ0n) is 14.6. The zero-order valence-corrected chi connectivity index (χ0v) is 14.6. The molecule has 2 aromatic carbocycles. The normalized spacial score (nSPS) is 10.6. The molecule has 8 heteroatoms. The van der Waals surface area contributed by atoms with E-state index in [1.807, 2.05) is 36.4 Å². The summed E-state index contributed by atoms with van der Waals surface area (Å²) >= 11 is 0. The fraction of sp³-hybridized carbons (Fsp3) is 0.0500. The number of rotatable bonds is 6. The van der Waals surface area contributed by atoms with Crippen LogP contribution in [0, 0.1) is 10.1 Å². The number of nitrogens with one attached hydrogen (secondary N) is 1. The van der Waals surface area contributed by atoms with Gasteiger partial charge in [0.25, 0.3) is 11.6 Å². The summed E-state index contributed by atoms with van der Waals surface area (Å²) in [5, 5.41) is 18.6. The predicted molar refractivity (Wildman–Crippen MR) is 103 cm³/mol. The van der Waals surface area contributed by atoms with Crippen molar-refractivity contribution in [3.63, 3.8) is 0 Å². The molecule has 0 amide bonds. The van der Waals surface area contributed by atoms with E-state index < -0.39 is 4.92 Å². The number of aromatic nitrogens is 3. The SMILES string of the molecule is O=[N+]([O-])c1cc(-c2noc(-c3ccccn3)n2)ccc1NCc1ccccc1. The minimum absolute atomic E-state index is 0.0578. The Morgan fingerprint density at radius 3 is 2.61 bits per heavy atom. The van der Waals surface area contributed by atoms with Crippen LogP contribution in [0.3, 0.4) is 0 Å². The molecule has 0 bridgehead atoms. The van der Waals surface area contributed by atoms with Crippen LogP contribution in [0.15, 0.2) is 77.4 Å². The number of nitro benzene ring substituents is 1. The Hall–Kier alpha value is -4.07. The largest absolute Gasteiger partial charge is 0.375 e. The summed E-state index contributed by atoms with van der Waals surface area (Å²) in [6.07, 6.45) is 1.62. The van der Waals surface area contributed by atoms with Gasteiger partial charge in [-0.2, -0.15) is 4.98 Å². The van der Waals surface area contributed by atoms with Crippen molar-refractivity contribution in [2.45, 2.75) is 6.54 Å². The van der Waals surface area contributed by atoms with Gasteiger partial charge in [-0.3, -0.25) is 15.1 Å². The molecule has 4 aromatic rings. The van der Waals surface area contributed by atoms with Crippen molar-refractivity contribution < 1.29 is 9.45 Å². The van der Waals surface area contributed by atoms with Gasteiger partial charge in [-0.25, -0.2) is 0 Å². The highest BCUT2D eigenvalue weighted by atomic mass is 16.6. The predicted octanol–water partition coefficient (Wildman–Crippen LogP) is 4.32. The number of nitro groups is 1. The Kier molecular flexibility index (Phi) is 4.75. The summed E-state index contributed by atoms with van der Waals surface area (Å²) in [4.78, 5) is 19.5. The highest BCUT2D eigenvalue weighted by Crippen LogP contribution is 2.30. The quantitative estimate of drug-likeness (QED) is 0.396. The third kappa shape index (κ3) is 3.70. The maximum absolute atomic E-state index is 11.5. The monoisotopic (exact) mass is 373 g/mol. The van der Waals surface area contributed by atoms with Gasteiger partial charge >= 0.3 is 0 Å². The van der Waals surface area contributed by atoms with E-state index in [9.17, 15) is 10.1 Å². The first-order valence-electron chi connectivity index (χ1n) is 8.52. The van der Waals surface area contributed by atoms with E-state index in [0.29, 0.717) is 23.5 Å². The van der Waals surface area contributed by atoms with Crippen molar-refractivity contribution in [2.75, 3.05) is 5.32 Å². The summed E-state index contributed by atoms with van der Waals surface area (Å²) in [5.41, 5.74) is 2.42. The summed E-state index contributed by atoms with van der Waals surface area (Å²) in [6, 6.07) is 19.8. The number of hydrogen-bond donors (Lipinski definition) is 1. The number of pyridine rings is 1. The molecular formula is C20H15N5O3. The Balaban J connectivity index is 1.60. The van der Waals surface area contributed by atoms with Gasteiger partial charge in [0.1, 0.15) is 11.4 Å². The second kappa shape index (κ2) is 7.67. The first-order valence-corrected chi connectivity index (χ1v) is 8.52. The first kappa shape index (κ1) is 17.3. The van der Waals surface area contributed by atoms with Crippen molar-refractivity contribution in [3.05, 3.63) is 88.6 Å². The van der Waals surface area contributed by atoms with Crippen molar-refractivity contribution in [1.29, 1.82) is 0 Å². The molecule has 0 atom stereocenters. The lowest BCUT2D eigenvalue weighted by Crippen LogP contribution is -2.02. The van der Waals surface area contributed by atoms with Gasteiger partial charge in [0.2, 0.25) is 5.82 Å². The number of benzene rings is 2. The van der Waals surface area contributed by atoms with Gasteiger partial charge in [-0.15, -0.1) is 0 Å². The molecule has 0 saturated heterocycles. The van der Waals surface area contributed by atoms with Crippen molar-refractivity contribution in [2.24, 2.45) is 0 Å². The summed E-state index contributed by atoms with van der Waals surface area (Å²) in [5.74, 6) is 0.517. The van der Waals surface area contributed by atoms with E-state index in [2.05, 4.69) is 20.4 Å². The van der Waals surface area contributed by atoms with Crippen LogP contribution in [0.25, 0.3) is 23.0 Å². The van der Waals surface area contributed by atoms with Crippen LogP contribution in [0.1, 0.15) is 5.56 Å². The number of hydrogen-bond acceptors (Lipinski definition) is 7. The van der Waals surface area contributed by atoms with Gasteiger partial charge in [0.05, 0.1) is 4.92 Å². The molecule has 28 heavy (non-hydrogen) atoms. The van der Waals surface area contributed by atoms with E-state index in [4.69, 9.17) is 4.52 Å². The molecule has 138 valence electrons. The summed E-state index contributed by atoms with van der Waals surface area (Å²) in [7, 11) is 0. The Morgan fingerprint density at radius 1 is 1.04 bits per heavy atom. The standard InChI is InChI=1S/C20H15N5O3/c26-25(27)18-12-15(9-10-16(18)22-13-14-6-2-1-3-7-14)19-23-20(28-24-19)17-8-4-5-11-21-17/h1-12,22H,13H2. The average Bonchev–Trinajstić information content (AvgIpc) is 3.24. The van der Waals surface area contributed by atoms with Crippen LogP contribution in [-0.2, 0) is 6.54 Å². The second-order valence-corrected chi connectivity index (χ2v) is 5.97. The molecule has 8 nitrogen and oxygen atoms in total. The maximum Gasteiger partial charge on any atom is 0.293 e. The smallest absolute Gasteiger partial charge is 0.293 e. The molecule has 0 aliphatic rings. The van der Waals surface area contributed by atoms with E-state index in [-0.39, 0.29) is 17.4 Å². The van der Waals surface area contributed by atoms with Crippen LogP contribution in [-0.4, -0.2) is 20.0 Å². The summed E-state index contributed by atoms with van der Waals surface area (Å²) in [6.45, 7) is 0.479. The number of anilines is 1. The molecule has 0 spiro atoms. The van der Waals surface area contributed by atoms with Crippen LogP contribution < -0.4 is 5.32 Å². The lowest BCUT2D eigenvalue weighted by molar-refractivity contribution is -0.383. The van der Waals surface area contributed by atoms with E-state index >= 15 is 0 Å². The van der Waals surface area contributed by atoms with Crippen molar-refractivity contribution >= 4 is 11.4 Å². The van der Waals surface area contributed by atoms with Crippen LogP contribution in [0.5, 0.6) is 0 Å². The van der Waals surface area contributed by atoms with Crippen LogP contribution in [0.4, 0.5) is 11.4 Å². The van der Waals surface area contributed by atoms with E-state index in [1.165, 1.54) is 6.07 Å². The Bertz CT molecular complexity index is 1100.